The molecule has 1 atom stereocenters. The van der Waals surface area contributed by atoms with Crippen molar-refractivity contribution in [2.45, 2.75) is 19.4 Å². The molecule has 0 amide bonds. The van der Waals surface area contributed by atoms with Crippen LogP contribution in [0, 0.1) is 5.82 Å². The van der Waals surface area contributed by atoms with Gasteiger partial charge in [0.15, 0.2) is 5.58 Å². The van der Waals surface area contributed by atoms with Crippen molar-refractivity contribution in [3.05, 3.63) is 34.8 Å². The second-order valence-corrected chi connectivity index (χ2v) is 3.88. The van der Waals surface area contributed by atoms with Crippen molar-refractivity contribution in [1.82, 2.24) is 0 Å². The number of fused-ring (bicyclic) bond motifs is 1. The Hall–Kier alpha value is -1.06. The zero-order chi connectivity index (χ0) is 11.0. The summed E-state index contributed by atoms with van der Waals surface area (Å²) >= 11 is 5.85. The van der Waals surface area contributed by atoms with E-state index in [-0.39, 0.29) is 16.9 Å². The summed E-state index contributed by atoms with van der Waals surface area (Å²) < 4.78 is 18.5. The Morgan fingerprint density at radius 1 is 1.47 bits per heavy atom. The van der Waals surface area contributed by atoms with Crippen LogP contribution in [-0.4, -0.2) is 0 Å². The molecule has 0 aliphatic rings. The highest BCUT2D eigenvalue weighted by atomic mass is 35.5. The Labute approximate surface area is 91.8 Å². The van der Waals surface area contributed by atoms with Gasteiger partial charge in [0.25, 0.3) is 0 Å². The van der Waals surface area contributed by atoms with Gasteiger partial charge in [0.1, 0.15) is 11.6 Å². The Bertz CT molecular complexity index is 495. The van der Waals surface area contributed by atoms with E-state index in [1.165, 1.54) is 12.1 Å². The largest absolute Gasteiger partial charge is 0.458 e. The second kappa shape index (κ2) is 3.83. The minimum Gasteiger partial charge on any atom is -0.458 e. The topological polar surface area (TPSA) is 39.2 Å². The van der Waals surface area contributed by atoms with Gasteiger partial charge in [-0.05, 0) is 24.6 Å². The summed E-state index contributed by atoms with van der Waals surface area (Å²) in [5, 5.41) is 0.929. The van der Waals surface area contributed by atoms with E-state index in [1.54, 1.807) is 6.07 Å². The molecular weight excluding hydrogens is 217 g/mol. The van der Waals surface area contributed by atoms with Gasteiger partial charge in [0.2, 0.25) is 0 Å². The van der Waals surface area contributed by atoms with Crippen LogP contribution in [0.5, 0.6) is 0 Å². The van der Waals surface area contributed by atoms with Gasteiger partial charge < -0.3 is 10.2 Å². The molecule has 1 unspecified atom stereocenters. The van der Waals surface area contributed by atoms with Gasteiger partial charge in [0, 0.05) is 5.39 Å². The maximum Gasteiger partial charge on any atom is 0.153 e. The number of hydrogen-bond acceptors (Lipinski definition) is 2. The van der Waals surface area contributed by atoms with Gasteiger partial charge in [-0.2, -0.15) is 0 Å². The Morgan fingerprint density at radius 3 is 2.87 bits per heavy atom. The van der Waals surface area contributed by atoms with Gasteiger partial charge in [-0.1, -0.05) is 18.5 Å². The SMILES string of the molecule is CCC(N)c1cc2cc(F)cc(Cl)c2o1. The fourth-order valence-electron chi connectivity index (χ4n) is 1.48. The zero-order valence-electron chi connectivity index (χ0n) is 8.26. The molecule has 2 N–H and O–H groups in total. The molecule has 1 heterocycles. The van der Waals surface area contributed by atoms with Crippen molar-refractivity contribution in [1.29, 1.82) is 0 Å². The highest BCUT2D eigenvalue weighted by molar-refractivity contribution is 6.34. The smallest absolute Gasteiger partial charge is 0.153 e. The lowest BCUT2D eigenvalue weighted by Gasteiger charge is -2.02. The molecule has 4 heteroatoms. The van der Waals surface area contributed by atoms with Crippen molar-refractivity contribution in [3.63, 3.8) is 0 Å². The summed E-state index contributed by atoms with van der Waals surface area (Å²) in [6.45, 7) is 1.96. The summed E-state index contributed by atoms with van der Waals surface area (Å²) in [5.41, 5.74) is 6.31. The first kappa shape index (κ1) is 10.5. The third-order valence-corrected chi connectivity index (χ3v) is 2.64. The molecule has 0 spiro atoms. The summed E-state index contributed by atoms with van der Waals surface area (Å²) in [7, 11) is 0. The van der Waals surface area contributed by atoms with E-state index in [0.29, 0.717) is 16.7 Å². The van der Waals surface area contributed by atoms with Gasteiger partial charge >= 0.3 is 0 Å². The molecule has 2 rings (SSSR count). The molecule has 15 heavy (non-hydrogen) atoms. The number of nitrogens with two attached hydrogens (primary N) is 1. The van der Waals surface area contributed by atoms with E-state index in [9.17, 15) is 4.39 Å². The minimum atomic E-state index is -0.370. The molecule has 0 aliphatic carbocycles. The monoisotopic (exact) mass is 227 g/mol. The fourth-order valence-corrected chi connectivity index (χ4v) is 1.73. The lowest BCUT2D eigenvalue weighted by Crippen LogP contribution is -2.06. The van der Waals surface area contributed by atoms with Crippen LogP contribution in [-0.2, 0) is 0 Å². The summed E-state index contributed by atoms with van der Waals surface area (Å²) in [6.07, 6.45) is 0.764. The molecule has 2 aromatic rings. The average molecular weight is 228 g/mol. The van der Waals surface area contributed by atoms with Crippen molar-refractivity contribution >= 4 is 22.6 Å². The molecular formula is C11H11ClFNO. The molecule has 0 aliphatic heterocycles. The lowest BCUT2D eigenvalue weighted by molar-refractivity contribution is 0.488. The van der Waals surface area contributed by atoms with E-state index < -0.39 is 0 Å². The van der Waals surface area contributed by atoms with Gasteiger partial charge in [-0.3, -0.25) is 0 Å². The summed E-state index contributed by atoms with van der Waals surface area (Å²) in [6, 6.07) is 4.18. The van der Waals surface area contributed by atoms with Crippen LogP contribution in [0.1, 0.15) is 25.1 Å². The van der Waals surface area contributed by atoms with E-state index in [4.69, 9.17) is 21.8 Å². The van der Waals surface area contributed by atoms with Crippen LogP contribution >= 0.6 is 11.6 Å². The predicted molar refractivity (Wildman–Crippen MR) is 58.4 cm³/mol. The van der Waals surface area contributed by atoms with Crippen LogP contribution in [0.15, 0.2) is 22.6 Å². The average Bonchev–Trinajstić information content (AvgIpc) is 2.60. The number of hydrogen-bond donors (Lipinski definition) is 1. The zero-order valence-corrected chi connectivity index (χ0v) is 9.01. The molecule has 0 bridgehead atoms. The standard InChI is InChI=1S/C11H11ClFNO/c1-2-9(14)10-4-6-3-7(13)5-8(12)11(6)15-10/h3-5,9H,2,14H2,1H3. The number of furan rings is 1. The second-order valence-electron chi connectivity index (χ2n) is 3.47. The molecule has 80 valence electrons. The van der Waals surface area contributed by atoms with Crippen LogP contribution in [0.2, 0.25) is 5.02 Å². The van der Waals surface area contributed by atoms with E-state index in [2.05, 4.69) is 0 Å². The Kier molecular flexibility index (Phi) is 2.67. The molecule has 2 nitrogen and oxygen atoms in total. The quantitative estimate of drug-likeness (QED) is 0.851. The highest BCUT2D eigenvalue weighted by Crippen LogP contribution is 2.30. The van der Waals surface area contributed by atoms with Crippen molar-refractivity contribution in [3.8, 4) is 0 Å². The molecule has 1 aromatic carbocycles. The van der Waals surface area contributed by atoms with Crippen LogP contribution in [0.3, 0.4) is 0 Å². The summed E-state index contributed by atoms with van der Waals surface area (Å²) in [5.74, 6) is 0.268. The molecule has 1 aromatic heterocycles. The first-order chi connectivity index (χ1) is 7.11. The van der Waals surface area contributed by atoms with Crippen molar-refractivity contribution in [2.24, 2.45) is 5.73 Å². The Balaban J connectivity index is 2.60. The van der Waals surface area contributed by atoms with E-state index >= 15 is 0 Å². The lowest BCUT2D eigenvalue weighted by atomic mass is 10.1. The normalized spacial score (nSPS) is 13.3. The van der Waals surface area contributed by atoms with Crippen LogP contribution in [0.4, 0.5) is 4.39 Å². The van der Waals surface area contributed by atoms with Crippen LogP contribution in [0.25, 0.3) is 11.0 Å². The third kappa shape index (κ3) is 1.85. The number of benzene rings is 1. The number of rotatable bonds is 2. The fraction of sp³-hybridized carbons (Fsp3) is 0.273. The first-order valence-corrected chi connectivity index (χ1v) is 5.13. The van der Waals surface area contributed by atoms with E-state index in [1.807, 2.05) is 6.92 Å². The van der Waals surface area contributed by atoms with Gasteiger partial charge in [0.05, 0.1) is 11.1 Å². The maximum atomic E-state index is 13.0. The van der Waals surface area contributed by atoms with Crippen molar-refractivity contribution < 1.29 is 8.81 Å². The molecule has 0 saturated carbocycles. The molecule has 0 saturated heterocycles. The molecule has 0 fully saturated rings. The molecule has 0 radical (unpaired) electrons. The maximum absolute atomic E-state index is 13.0. The van der Waals surface area contributed by atoms with E-state index in [0.717, 1.165) is 6.42 Å². The third-order valence-electron chi connectivity index (χ3n) is 2.36. The minimum absolute atomic E-state index is 0.170. The Morgan fingerprint density at radius 2 is 2.20 bits per heavy atom. The predicted octanol–water partition coefficient (Wildman–Crippen LogP) is 3.64. The van der Waals surface area contributed by atoms with Gasteiger partial charge in [-0.25, -0.2) is 4.39 Å². The van der Waals surface area contributed by atoms with Crippen molar-refractivity contribution in [2.75, 3.05) is 0 Å². The summed E-state index contributed by atoms with van der Waals surface area (Å²) in [4.78, 5) is 0. The first-order valence-electron chi connectivity index (χ1n) is 4.76. The van der Waals surface area contributed by atoms with Gasteiger partial charge in [-0.15, -0.1) is 0 Å². The van der Waals surface area contributed by atoms with Crippen LogP contribution < -0.4 is 5.73 Å². The highest BCUT2D eigenvalue weighted by Gasteiger charge is 2.13. The number of halogens is 2.